The van der Waals surface area contributed by atoms with Gasteiger partial charge in [-0.15, -0.1) is 0 Å². The number of benzene rings is 1. The summed E-state index contributed by atoms with van der Waals surface area (Å²) in [4.78, 5) is 0. The maximum atomic E-state index is 11.4. The molecule has 0 aromatic heterocycles. The molecule has 0 saturated carbocycles. The number of aryl methyl sites for hydroxylation is 1. The largest absolute Gasteiger partial charge is 0.507 e. The molecule has 1 aromatic carbocycles. The number of unbranched alkanes of at least 4 members (excludes halogenated alkanes) is 2. The number of aliphatic hydroxyl groups excluding tert-OH is 7. The van der Waals surface area contributed by atoms with Crippen molar-refractivity contribution in [3.05, 3.63) is 47.1 Å². The van der Waals surface area contributed by atoms with Crippen molar-refractivity contribution in [3.63, 3.8) is 0 Å². The molecule has 12 atom stereocenters. The molecule has 1 aromatic rings. The SMILES string of the molecule is C=C(C)C1CCC(C)=C[C@H]1c1c(O)cc(CCCCC)cc1O[C@@H]1O[C@H](CO)[C@@H](O)[C@H](O[C@@H]2O[C@H](CO)[C@@H](O)[C@H](O)[C@H]2O)[C@H]1O. The Morgan fingerprint density at radius 3 is 2.22 bits per heavy atom. The summed E-state index contributed by atoms with van der Waals surface area (Å²) < 4.78 is 23.3. The van der Waals surface area contributed by atoms with E-state index in [0.29, 0.717) is 12.0 Å². The quantitative estimate of drug-likeness (QED) is 0.120. The second-order valence-electron chi connectivity index (χ2n) is 12.6. The summed E-state index contributed by atoms with van der Waals surface area (Å²) in [5.41, 5.74) is 3.42. The summed E-state index contributed by atoms with van der Waals surface area (Å²) in [6.45, 7) is 8.88. The topological polar surface area (TPSA) is 199 Å². The number of aliphatic hydroxyl groups is 7. The Balaban J connectivity index is 1.69. The molecule has 12 nitrogen and oxygen atoms in total. The molecule has 0 spiro atoms. The summed E-state index contributed by atoms with van der Waals surface area (Å²) in [5.74, 6) is 0.0169. The maximum Gasteiger partial charge on any atom is 0.229 e. The fraction of sp³-hybridized carbons (Fsp3) is 0.697. The van der Waals surface area contributed by atoms with Crippen molar-refractivity contribution >= 4 is 0 Å². The molecule has 4 rings (SSSR count). The third-order valence-electron chi connectivity index (χ3n) is 9.17. The van der Waals surface area contributed by atoms with Gasteiger partial charge in [0.05, 0.1) is 13.2 Å². The Hall–Kier alpha value is -2.10. The number of phenolic OH excluding ortho intramolecular Hbond substituents is 1. The van der Waals surface area contributed by atoms with Crippen LogP contribution >= 0.6 is 0 Å². The number of aromatic hydroxyl groups is 1. The van der Waals surface area contributed by atoms with Gasteiger partial charge in [0.1, 0.15) is 60.3 Å². The van der Waals surface area contributed by atoms with Crippen LogP contribution in [0.3, 0.4) is 0 Å². The summed E-state index contributed by atoms with van der Waals surface area (Å²) >= 11 is 0. The van der Waals surface area contributed by atoms with Gasteiger partial charge in [0.25, 0.3) is 0 Å². The summed E-state index contributed by atoms with van der Waals surface area (Å²) in [5, 5.41) is 84.3. The van der Waals surface area contributed by atoms with Gasteiger partial charge in [-0.1, -0.05) is 43.6 Å². The van der Waals surface area contributed by atoms with Crippen LogP contribution in [0.2, 0.25) is 0 Å². The third-order valence-corrected chi connectivity index (χ3v) is 9.17. The number of hydrogen-bond donors (Lipinski definition) is 8. The Morgan fingerprint density at radius 2 is 1.58 bits per heavy atom. The number of phenols is 1. The van der Waals surface area contributed by atoms with Crippen LogP contribution in [-0.2, 0) is 20.6 Å². The Morgan fingerprint density at radius 1 is 0.911 bits per heavy atom. The zero-order valence-corrected chi connectivity index (χ0v) is 26.2. The fourth-order valence-electron chi connectivity index (χ4n) is 6.50. The van der Waals surface area contributed by atoms with Crippen LogP contribution in [0.15, 0.2) is 35.9 Å². The van der Waals surface area contributed by atoms with E-state index in [2.05, 4.69) is 19.6 Å². The highest BCUT2D eigenvalue weighted by molar-refractivity contribution is 5.52. The minimum Gasteiger partial charge on any atom is -0.507 e. The van der Waals surface area contributed by atoms with Gasteiger partial charge in [0.2, 0.25) is 6.29 Å². The van der Waals surface area contributed by atoms with Crippen LogP contribution in [0.25, 0.3) is 0 Å². The van der Waals surface area contributed by atoms with Gasteiger partial charge in [-0.05, 0) is 63.1 Å². The predicted molar refractivity (Wildman–Crippen MR) is 162 cm³/mol. The average molecular weight is 639 g/mol. The van der Waals surface area contributed by atoms with Crippen LogP contribution in [-0.4, -0.2) is 115 Å². The van der Waals surface area contributed by atoms with Crippen molar-refractivity contribution in [2.75, 3.05) is 13.2 Å². The van der Waals surface area contributed by atoms with Crippen LogP contribution in [0.5, 0.6) is 11.5 Å². The second kappa shape index (κ2) is 15.7. The molecule has 2 saturated heterocycles. The molecule has 12 heteroatoms. The van der Waals surface area contributed by atoms with Gasteiger partial charge in [0.15, 0.2) is 6.29 Å². The van der Waals surface area contributed by atoms with Crippen LogP contribution in [0, 0.1) is 5.92 Å². The van der Waals surface area contributed by atoms with Gasteiger partial charge in [0, 0.05) is 11.5 Å². The summed E-state index contributed by atoms with van der Waals surface area (Å²) in [7, 11) is 0. The molecule has 0 amide bonds. The monoisotopic (exact) mass is 638 g/mol. The maximum absolute atomic E-state index is 11.4. The molecule has 254 valence electrons. The molecule has 1 aliphatic carbocycles. The lowest BCUT2D eigenvalue weighted by molar-refractivity contribution is -0.352. The van der Waals surface area contributed by atoms with E-state index in [1.165, 1.54) is 0 Å². The summed E-state index contributed by atoms with van der Waals surface area (Å²) in [6.07, 6.45) is -8.43. The van der Waals surface area contributed by atoms with E-state index in [-0.39, 0.29) is 23.3 Å². The smallest absolute Gasteiger partial charge is 0.229 e. The lowest BCUT2D eigenvalue weighted by Gasteiger charge is -2.46. The lowest BCUT2D eigenvalue weighted by Crippen LogP contribution is -2.65. The molecular formula is C33H50O12. The fourth-order valence-corrected chi connectivity index (χ4v) is 6.50. The highest BCUT2D eigenvalue weighted by Gasteiger charge is 2.51. The predicted octanol–water partition coefficient (Wildman–Crippen LogP) is 1.14. The Kier molecular flexibility index (Phi) is 12.4. The van der Waals surface area contributed by atoms with Crippen LogP contribution in [0.1, 0.15) is 69.9 Å². The van der Waals surface area contributed by atoms with E-state index in [0.717, 1.165) is 48.8 Å². The number of allylic oxidation sites excluding steroid dienone is 3. The molecular weight excluding hydrogens is 588 g/mol. The molecule has 2 aliphatic heterocycles. The van der Waals surface area contributed by atoms with Crippen LogP contribution < -0.4 is 4.74 Å². The molecule has 1 unspecified atom stereocenters. The van der Waals surface area contributed by atoms with Gasteiger partial charge >= 0.3 is 0 Å². The zero-order valence-electron chi connectivity index (χ0n) is 26.2. The normalized spacial score (nSPS) is 37.2. The number of rotatable bonds is 12. The standard InChI is InChI=1S/C33H50O12/c1-5-6-7-8-18-12-21(36)25(20-11-17(4)9-10-19(20)16(2)3)22(13-18)42-33-30(41)31(27(38)24(15-35)44-33)45-32-29(40)28(39)26(37)23(14-34)43-32/h11-13,19-20,23-24,26-41H,2,5-10,14-15H2,1,3-4H3/t19?,20-,23-,24-,26-,27-,28+,29-,30-,31+,32+,33-/m1/s1. The minimum atomic E-state index is -1.79. The molecule has 3 aliphatic rings. The molecule has 0 bridgehead atoms. The first-order valence-corrected chi connectivity index (χ1v) is 15.8. The van der Waals surface area contributed by atoms with Gasteiger partial charge in [-0.25, -0.2) is 0 Å². The first-order chi connectivity index (χ1) is 21.4. The van der Waals surface area contributed by atoms with E-state index < -0.39 is 74.6 Å². The molecule has 2 heterocycles. The first-order valence-electron chi connectivity index (χ1n) is 15.8. The van der Waals surface area contributed by atoms with Crippen molar-refractivity contribution in [2.45, 2.75) is 127 Å². The highest BCUT2D eigenvalue weighted by Crippen LogP contribution is 2.47. The first kappa shape index (κ1) is 35.7. The third kappa shape index (κ3) is 7.90. The zero-order chi connectivity index (χ0) is 33.0. The van der Waals surface area contributed by atoms with E-state index in [9.17, 15) is 40.9 Å². The minimum absolute atomic E-state index is 0.0133. The van der Waals surface area contributed by atoms with Crippen molar-refractivity contribution in [3.8, 4) is 11.5 Å². The van der Waals surface area contributed by atoms with Gasteiger partial charge in [-0.2, -0.15) is 0 Å². The van der Waals surface area contributed by atoms with Gasteiger partial charge in [-0.3, -0.25) is 0 Å². The molecule has 2 fully saturated rings. The average Bonchev–Trinajstić information content (AvgIpc) is 3.00. The van der Waals surface area contributed by atoms with Crippen molar-refractivity contribution in [1.82, 2.24) is 0 Å². The van der Waals surface area contributed by atoms with Gasteiger partial charge < -0.3 is 59.8 Å². The highest BCUT2D eigenvalue weighted by atomic mass is 16.7. The lowest BCUT2D eigenvalue weighted by atomic mass is 9.73. The molecule has 8 N–H and O–H groups in total. The van der Waals surface area contributed by atoms with Crippen molar-refractivity contribution in [1.29, 1.82) is 0 Å². The van der Waals surface area contributed by atoms with Crippen molar-refractivity contribution < 1.29 is 59.8 Å². The van der Waals surface area contributed by atoms with Crippen LogP contribution in [0.4, 0.5) is 0 Å². The molecule has 45 heavy (non-hydrogen) atoms. The van der Waals surface area contributed by atoms with Crippen molar-refractivity contribution in [2.24, 2.45) is 5.92 Å². The Labute approximate surface area is 264 Å². The number of ether oxygens (including phenoxy) is 4. The van der Waals surface area contributed by atoms with E-state index >= 15 is 0 Å². The van der Waals surface area contributed by atoms with E-state index in [1.807, 2.05) is 13.8 Å². The van der Waals surface area contributed by atoms with E-state index in [4.69, 9.17) is 18.9 Å². The summed E-state index contributed by atoms with van der Waals surface area (Å²) in [6, 6.07) is 3.54. The van der Waals surface area contributed by atoms with E-state index in [1.54, 1.807) is 12.1 Å². The second-order valence-corrected chi connectivity index (χ2v) is 12.6. The number of hydrogen-bond acceptors (Lipinski definition) is 12. The molecule has 0 radical (unpaired) electrons. The Bertz CT molecular complexity index is 1170.